The van der Waals surface area contributed by atoms with E-state index in [9.17, 15) is 31.1 Å². The Bertz CT molecular complexity index is 1140. The number of aromatic nitrogens is 5. The fraction of sp³-hybridized carbons (Fsp3) is 0.278. The summed E-state index contributed by atoms with van der Waals surface area (Å²) in [6, 6.07) is 1.61. The minimum Gasteiger partial charge on any atom is -0.344 e. The highest BCUT2D eigenvalue weighted by atomic mass is 19.4. The van der Waals surface area contributed by atoms with Crippen LogP contribution >= 0.6 is 0 Å². The van der Waals surface area contributed by atoms with E-state index in [1.165, 1.54) is 16.9 Å². The summed E-state index contributed by atoms with van der Waals surface area (Å²) in [5.74, 6) is -0.854. The van der Waals surface area contributed by atoms with Crippen LogP contribution in [-0.2, 0) is 18.8 Å². The van der Waals surface area contributed by atoms with E-state index < -0.39 is 41.4 Å². The lowest BCUT2D eigenvalue weighted by Crippen LogP contribution is -2.28. The molecule has 4 rings (SSSR count). The fourth-order valence-corrected chi connectivity index (χ4v) is 3.19. The molecular formula is C18H12F6N6O. The van der Waals surface area contributed by atoms with Crippen molar-refractivity contribution in [2.45, 2.75) is 31.2 Å². The van der Waals surface area contributed by atoms with Gasteiger partial charge >= 0.3 is 12.4 Å². The predicted octanol–water partition coefficient (Wildman–Crippen LogP) is 3.51. The molecule has 7 nitrogen and oxygen atoms in total. The third kappa shape index (κ3) is 4.20. The lowest BCUT2D eigenvalue weighted by Gasteiger charge is -2.13. The summed E-state index contributed by atoms with van der Waals surface area (Å²) in [5.41, 5.74) is -1.62. The van der Waals surface area contributed by atoms with Crippen molar-refractivity contribution in [2.24, 2.45) is 0 Å². The molecule has 162 valence electrons. The van der Waals surface area contributed by atoms with Gasteiger partial charge in [0.15, 0.2) is 5.69 Å². The first kappa shape index (κ1) is 20.8. The molecule has 1 atom stereocenters. The Kier molecular flexibility index (Phi) is 4.90. The number of pyridine rings is 1. The molecular weight excluding hydrogens is 430 g/mol. The van der Waals surface area contributed by atoms with E-state index in [1.54, 1.807) is 0 Å². The lowest BCUT2D eigenvalue weighted by atomic mass is 10.2. The Morgan fingerprint density at radius 1 is 1.10 bits per heavy atom. The monoisotopic (exact) mass is 442 g/mol. The number of amides is 1. The molecule has 3 heterocycles. The van der Waals surface area contributed by atoms with Crippen LogP contribution in [0.4, 0.5) is 26.3 Å². The number of halogens is 6. The third-order valence-electron chi connectivity index (χ3n) is 4.63. The van der Waals surface area contributed by atoms with E-state index >= 15 is 0 Å². The minimum atomic E-state index is -4.75. The van der Waals surface area contributed by atoms with E-state index in [2.05, 4.69) is 25.4 Å². The predicted molar refractivity (Wildman–Crippen MR) is 91.9 cm³/mol. The Morgan fingerprint density at radius 3 is 2.55 bits per heavy atom. The molecule has 1 amide bonds. The van der Waals surface area contributed by atoms with Gasteiger partial charge in [-0.2, -0.15) is 31.4 Å². The van der Waals surface area contributed by atoms with Crippen molar-refractivity contribution in [3.63, 3.8) is 0 Å². The first-order valence-electron chi connectivity index (χ1n) is 8.84. The molecule has 0 bridgehead atoms. The zero-order valence-electron chi connectivity index (χ0n) is 15.4. The molecule has 0 unspecified atom stereocenters. The van der Waals surface area contributed by atoms with Crippen LogP contribution in [0.2, 0.25) is 0 Å². The third-order valence-corrected chi connectivity index (χ3v) is 4.63. The van der Waals surface area contributed by atoms with Gasteiger partial charge in [-0.05, 0) is 25.0 Å². The zero-order valence-corrected chi connectivity index (χ0v) is 15.4. The molecule has 0 saturated carbocycles. The Balaban J connectivity index is 1.55. The Morgan fingerprint density at radius 2 is 1.84 bits per heavy atom. The minimum absolute atomic E-state index is 0.130. The number of hydrogen-bond donors (Lipinski definition) is 1. The second-order valence-corrected chi connectivity index (χ2v) is 6.72. The second kappa shape index (κ2) is 7.32. The summed E-state index contributed by atoms with van der Waals surface area (Å²) >= 11 is 0. The van der Waals surface area contributed by atoms with Crippen LogP contribution in [0.25, 0.3) is 5.69 Å². The average molecular weight is 442 g/mol. The van der Waals surface area contributed by atoms with E-state index in [1.807, 2.05) is 0 Å². The number of nitrogens with one attached hydrogen (secondary N) is 1. The van der Waals surface area contributed by atoms with Gasteiger partial charge in [0.05, 0.1) is 29.8 Å². The van der Waals surface area contributed by atoms with Gasteiger partial charge in [-0.25, -0.2) is 9.67 Å². The number of aryl methyl sites for hydroxylation is 1. The molecule has 3 aromatic heterocycles. The van der Waals surface area contributed by atoms with Crippen molar-refractivity contribution in [2.75, 3.05) is 0 Å². The van der Waals surface area contributed by atoms with Crippen molar-refractivity contribution in [1.29, 1.82) is 0 Å². The highest BCUT2D eigenvalue weighted by Crippen LogP contribution is 2.33. The maximum absolute atomic E-state index is 12.9. The average Bonchev–Trinajstić information content (AvgIpc) is 3.29. The van der Waals surface area contributed by atoms with E-state index in [0.717, 1.165) is 18.5 Å². The smallest absolute Gasteiger partial charge is 0.344 e. The quantitative estimate of drug-likeness (QED) is 0.628. The zero-order chi connectivity index (χ0) is 22.4. The van der Waals surface area contributed by atoms with Crippen LogP contribution in [0.1, 0.15) is 45.6 Å². The fourth-order valence-electron chi connectivity index (χ4n) is 3.19. The molecule has 1 aliphatic carbocycles. The summed E-state index contributed by atoms with van der Waals surface area (Å²) in [6.45, 7) is 0. The largest absolute Gasteiger partial charge is 0.434 e. The number of fused-ring (bicyclic) bond motifs is 1. The highest BCUT2D eigenvalue weighted by molar-refractivity contribution is 5.92. The van der Waals surface area contributed by atoms with Crippen molar-refractivity contribution in [3.05, 3.63) is 65.3 Å². The maximum Gasteiger partial charge on any atom is 0.434 e. The standard InChI is InChI=1S/C18H12F6N6O/c19-17(20,21)14-5-9(3-4-26-14)30-8-10-11(1-2-12(10)29-30)28-16(31)13-6-25-7-15(27-13)18(22,23)24/h3-8,11H,1-2H2,(H,28,31)/t11-/m0/s1. The van der Waals surface area contributed by atoms with Crippen LogP contribution in [0.15, 0.2) is 36.9 Å². The van der Waals surface area contributed by atoms with Crippen molar-refractivity contribution < 1.29 is 31.1 Å². The SMILES string of the molecule is O=C(N[C@H]1CCc2nn(-c3ccnc(C(F)(F)F)c3)cc21)c1cncc(C(F)(F)F)n1. The molecule has 13 heteroatoms. The van der Waals surface area contributed by atoms with Gasteiger partial charge in [0.1, 0.15) is 11.4 Å². The molecule has 31 heavy (non-hydrogen) atoms. The second-order valence-electron chi connectivity index (χ2n) is 6.72. The van der Waals surface area contributed by atoms with E-state index in [-0.39, 0.29) is 5.69 Å². The molecule has 0 saturated heterocycles. The van der Waals surface area contributed by atoms with Crippen LogP contribution in [0, 0.1) is 0 Å². The van der Waals surface area contributed by atoms with Crippen molar-refractivity contribution >= 4 is 5.91 Å². The number of carbonyl (C=O) groups is 1. The van der Waals surface area contributed by atoms with Gasteiger partial charge in [0.2, 0.25) is 0 Å². The Labute approximate surface area is 170 Å². The topological polar surface area (TPSA) is 85.6 Å². The van der Waals surface area contributed by atoms with E-state index in [0.29, 0.717) is 30.3 Å². The van der Waals surface area contributed by atoms with E-state index in [4.69, 9.17) is 0 Å². The Hall–Kier alpha value is -3.51. The molecule has 0 spiro atoms. The van der Waals surface area contributed by atoms with Crippen LogP contribution in [0.3, 0.4) is 0 Å². The van der Waals surface area contributed by atoms with Gasteiger partial charge in [-0.1, -0.05) is 0 Å². The van der Waals surface area contributed by atoms with Gasteiger partial charge in [-0.3, -0.25) is 14.8 Å². The molecule has 1 N–H and O–H groups in total. The van der Waals surface area contributed by atoms with Crippen molar-refractivity contribution in [1.82, 2.24) is 30.0 Å². The summed E-state index contributed by atoms with van der Waals surface area (Å²) in [7, 11) is 0. The molecule has 0 aliphatic heterocycles. The molecule has 0 radical (unpaired) electrons. The molecule has 0 fully saturated rings. The summed E-state index contributed by atoms with van der Waals surface area (Å²) in [4.78, 5) is 22.4. The lowest BCUT2D eigenvalue weighted by molar-refractivity contribution is -0.142. The first-order chi connectivity index (χ1) is 14.5. The number of carbonyl (C=O) groups excluding carboxylic acids is 1. The van der Waals surface area contributed by atoms with Gasteiger partial charge in [-0.15, -0.1) is 0 Å². The van der Waals surface area contributed by atoms with Crippen LogP contribution in [0.5, 0.6) is 0 Å². The molecule has 1 aliphatic rings. The number of hydrogen-bond acceptors (Lipinski definition) is 5. The maximum atomic E-state index is 12.9. The number of alkyl halides is 6. The summed E-state index contributed by atoms with van der Waals surface area (Å²) in [5, 5.41) is 6.83. The van der Waals surface area contributed by atoms with Gasteiger partial charge in [0, 0.05) is 18.0 Å². The highest BCUT2D eigenvalue weighted by Gasteiger charge is 2.35. The molecule has 3 aromatic rings. The van der Waals surface area contributed by atoms with Gasteiger partial charge < -0.3 is 5.32 Å². The number of rotatable bonds is 3. The van der Waals surface area contributed by atoms with Crippen LogP contribution in [-0.4, -0.2) is 30.6 Å². The molecule has 0 aromatic carbocycles. The van der Waals surface area contributed by atoms with Crippen LogP contribution < -0.4 is 5.32 Å². The summed E-state index contributed by atoms with van der Waals surface area (Å²) in [6.07, 6.45) is -4.59. The normalized spacial score (nSPS) is 16.3. The first-order valence-corrected chi connectivity index (χ1v) is 8.84. The number of nitrogens with zero attached hydrogens (tertiary/aromatic N) is 5. The van der Waals surface area contributed by atoms with Crippen molar-refractivity contribution in [3.8, 4) is 5.69 Å². The van der Waals surface area contributed by atoms with Gasteiger partial charge in [0.25, 0.3) is 5.91 Å². The summed E-state index contributed by atoms with van der Waals surface area (Å²) < 4.78 is 78.3.